The number of oxazole rings is 1. The quantitative estimate of drug-likeness (QED) is 0.470. The Balaban J connectivity index is 1.66. The molecule has 0 bridgehead atoms. The summed E-state index contributed by atoms with van der Waals surface area (Å²) in [4.78, 5) is 8.77. The Labute approximate surface area is 153 Å². The van der Waals surface area contributed by atoms with Crippen molar-refractivity contribution in [2.24, 2.45) is 4.99 Å². The molecule has 0 atom stereocenters. The SMILES string of the molecule is Oc1c(Cl)cccc1C=Nc1ccc2oc(-c3ccc(F)cc3)nc2c1. The normalized spacial score (nSPS) is 11.5. The summed E-state index contributed by atoms with van der Waals surface area (Å²) in [7, 11) is 0. The average Bonchev–Trinajstić information content (AvgIpc) is 3.07. The molecule has 0 aliphatic carbocycles. The van der Waals surface area contributed by atoms with Crippen molar-refractivity contribution in [2.75, 3.05) is 0 Å². The van der Waals surface area contributed by atoms with Crippen LogP contribution in [-0.2, 0) is 0 Å². The second-order valence-corrected chi connectivity index (χ2v) is 6.02. The van der Waals surface area contributed by atoms with Gasteiger partial charge >= 0.3 is 0 Å². The lowest BCUT2D eigenvalue weighted by Gasteiger charge is -2.00. The number of hydrogen-bond donors (Lipinski definition) is 1. The maximum atomic E-state index is 13.0. The molecule has 0 unspecified atom stereocenters. The summed E-state index contributed by atoms with van der Waals surface area (Å²) in [6.45, 7) is 0. The molecule has 0 radical (unpaired) electrons. The molecule has 0 aliphatic rings. The Hall–Kier alpha value is -3.18. The lowest BCUT2D eigenvalue weighted by molar-refractivity contribution is 0.475. The highest BCUT2D eigenvalue weighted by Crippen LogP contribution is 2.29. The van der Waals surface area contributed by atoms with Crippen molar-refractivity contribution in [3.05, 3.63) is 77.1 Å². The number of phenols is 1. The van der Waals surface area contributed by atoms with Crippen LogP contribution in [0.1, 0.15) is 5.56 Å². The first-order valence-corrected chi connectivity index (χ1v) is 8.16. The third kappa shape index (κ3) is 3.17. The fraction of sp³-hybridized carbons (Fsp3) is 0. The summed E-state index contributed by atoms with van der Waals surface area (Å²) >= 11 is 5.89. The van der Waals surface area contributed by atoms with Gasteiger partial charge in [0.05, 0.1) is 10.7 Å². The van der Waals surface area contributed by atoms with Gasteiger partial charge < -0.3 is 9.52 Å². The molecule has 0 aliphatic heterocycles. The van der Waals surface area contributed by atoms with E-state index in [0.717, 1.165) is 0 Å². The second kappa shape index (κ2) is 6.61. The molecule has 1 aromatic heterocycles. The zero-order chi connectivity index (χ0) is 18.1. The molecule has 4 rings (SSSR count). The number of rotatable bonds is 3. The Morgan fingerprint density at radius 3 is 2.69 bits per heavy atom. The topological polar surface area (TPSA) is 58.6 Å². The number of nitrogens with zero attached hydrogens (tertiary/aromatic N) is 2. The van der Waals surface area contributed by atoms with Crippen LogP contribution in [0.3, 0.4) is 0 Å². The van der Waals surface area contributed by atoms with E-state index in [2.05, 4.69) is 9.98 Å². The van der Waals surface area contributed by atoms with E-state index in [1.807, 2.05) is 0 Å². The highest BCUT2D eigenvalue weighted by molar-refractivity contribution is 6.32. The number of aromatic nitrogens is 1. The van der Waals surface area contributed by atoms with E-state index < -0.39 is 0 Å². The summed E-state index contributed by atoms with van der Waals surface area (Å²) < 4.78 is 18.7. The van der Waals surface area contributed by atoms with Gasteiger partial charge in [-0.25, -0.2) is 9.37 Å². The van der Waals surface area contributed by atoms with E-state index in [1.54, 1.807) is 48.5 Å². The molecule has 128 valence electrons. The van der Waals surface area contributed by atoms with Crippen molar-refractivity contribution in [3.8, 4) is 17.2 Å². The third-order valence-electron chi connectivity index (χ3n) is 3.83. The molecule has 0 saturated heterocycles. The Morgan fingerprint density at radius 2 is 1.88 bits per heavy atom. The number of hydrogen-bond acceptors (Lipinski definition) is 4. The number of fused-ring (bicyclic) bond motifs is 1. The van der Waals surface area contributed by atoms with Crippen LogP contribution in [0, 0.1) is 5.82 Å². The minimum Gasteiger partial charge on any atom is -0.506 e. The molecule has 1 N–H and O–H groups in total. The summed E-state index contributed by atoms with van der Waals surface area (Å²) in [5.74, 6) is 0.0818. The van der Waals surface area contributed by atoms with E-state index in [4.69, 9.17) is 16.0 Å². The molecule has 0 amide bonds. The van der Waals surface area contributed by atoms with Gasteiger partial charge in [0.2, 0.25) is 5.89 Å². The second-order valence-electron chi connectivity index (χ2n) is 5.61. The van der Waals surface area contributed by atoms with E-state index in [9.17, 15) is 9.50 Å². The van der Waals surface area contributed by atoms with Gasteiger partial charge in [-0.2, -0.15) is 0 Å². The molecule has 0 spiro atoms. The van der Waals surface area contributed by atoms with Gasteiger partial charge in [-0.3, -0.25) is 4.99 Å². The van der Waals surface area contributed by atoms with Gasteiger partial charge in [0.1, 0.15) is 17.1 Å². The molecule has 4 nitrogen and oxygen atoms in total. The van der Waals surface area contributed by atoms with Gasteiger partial charge in [-0.15, -0.1) is 0 Å². The molecular weight excluding hydrogens is 355 g/mol. The molecular formula is C20H12ClFN2O2. The average molecular weight is 367 g/mol. The third-order valence-corrected chi connectivity index (χ3v) is 4.14. The van der Waals surface area contributed by atoms with Crippen LogP contribution in [0.5, 0.6) is 5.75 Å². The number of phenolic OH excluding ortho intramolecular Hbond substituents is 1. The number of benzene rings is 3. The predicted molar refractivity (Wildman–Crippen MR) is 99.8 cm³/mol. The van der Waals surface area contributed by atoms with Crippen molar-refractivity contribution in [1.29, 1.82) is 0 Å². The predicted octanol–water partition coefficient (Wildman–Crippen LogP) is 5.74. The molecule has 4 aromatic rings. The zero-order valence-corrected chi connectivity index (χ0v) is 14.1. The number of aliphatic imine (C=N–C) groups is 1. The number of para-hydroxylation sites is 1. The monoisotopic (exact) mass is 366 g/mol. The lowest BCUT2D eigenvalue weighted by atomic mass is 10.2. The summed E-state index contributed by atoms with van der Waals surface area (Å²) in [6.07, 6.45) is 1.53. The molecule has 1 heterocycles. The molecule has 6 heteroatoms. The number of halogens is 2. The van der Waals surface area contributed by atoms with Crippen LogP contribution in [0.25, 0.3) is 22.6 Å². The van der Waals surface area contributed by atoms with Gasteiger partial charge in [0, 0.05) is 17.3 Å². The van der Waals surface area contributed by atoms with Crippen molar-refractivity contribution in [2.45, 2.75) is 0 Å². The van der Waals surface area contributed by atoms with Crippen molar-refractivity contribution in [1.82, 2.24) is 4.98 Å². The van der Waals surface area contributed by atoms with Crippen LogP contribution >= 0.6 is 11.6 Å². The van der Waals surface area contributed by atoms with Gasteiger partial charge in [0.15, 0.2) is 5.58 Å². The van der Waals surface area contributed by atoms with Gasteiger partial charge in [0.25, 0.3) is 0 Å². The van der Waals surface area contributed by atoms with Crippen molar-refractivity contribution < 1.29 is 13.9 Å². The minimum atomic E-state index is -0.314. The fourth-order valence-electron chi connectivity index (χ4n) is 2.49. The van der Waals surface area contributed by atoms with Crippen LogP contribution in [-0.4, -0.2) is 16.3 Å². The standard InChI is InChI=1S/C20H12ClFN2O2/c21-16-3-1-2-13(19(16)25)11-23-15-8-9-18-17(10-15)24-20(26-18)12-4-6-14(22)7-5-12/h1-11,25H. The Bertz CT molecular complexity index is 1120. The first-order valence-electron chi connectivity index (χ1n) is 7.78. The molecule has 26 heavy (non-hydrogen) atoms. The zero-order valence-electron chi connectivity index (χ0n) is 13.4. The van der Waals surface area contributed by atoms with Gasteiger partial charge in [-0.1, -0.05) is 17.7 Å². The van der Waals surface area contributed by atoms with Crippen molar-refractivity contribution in [3.63, 3.8) is 0 Å². The first kappa shape index (κ1) is 16.3. The van der Waals surface area contributed by atoms with Crippen LogP contribution in [0.2, 0.25) is 5.02 Å². The maximum absolute atomic E-state index is 13.0. The van der Waals surface area contributed by atoms with Crippen molar-refractivity contribution >= 4 is 34.6 Å². The van der Waals surface area contributed by atoms with Crippen LogP contribution < -0.4 is 0 Å². The molecule has 0 saturated carbocycles. The van der Waals surface area contributed by atoms with E-state index in [0.29, 0.717) is 33.8 Å². The van der Waals surface area contributed by atoms with Gasteiger partial charge in [-0.05, 0) is 54.6 Å². The summed E-state index contributed by atoms with van der Waals surface area (Å²) in [5, 5.41) is 10.2. The maximum Gasteiger partial charge on any atom is 0.227 e. The van der Waals surface area contributed by atoms with Crippen LogP contribution in [0.4, 0.5) is 10.1 Å². The first-order chi connectivity index (χ1) is 12.6. The largest absolute Gasteiger partial charge is 0.506 e. The Morgan fingerprint density at radius 1 is 1.08 bits per heavy atom. The highest BCUT2D eigenvalue weighted by atomic mass is 35.5. The number of aromatic hydroxyl groups is 1. The highest BCUT2D eigenvalue weighted by Gasteiger charge is 2.09. The summed E-state index contributed by atoms with van der Waals surface area (Å²) in [5.41, 5.74) is 3.10. The fourth-order valence-corrected chi connectivity index (χ4v) is 2.67. The van der Waals surface area contributed by atoms with Crippen LogP contribution in [0.15, 0.2) is 70.1 Å². The smallest absolute Gasteiger partial charge is 0.227 e. The van der Waals surface area contributed by atoms with E-state index in [-0.39, 0.29) is 16.6 Å². The Kier molecular flexibility index (Phi) is 4.14. The molecule has 3 aromatic carbocycles. The lowest BCUT2D eigenvalue weighted by Crippen LogP contribution is -1.82. The van der Waals surface area contributed by atoms with E-state index >= 15 is 0 Å². The molecule has 0 fully saturated rings. The minimum absolute atomic E-state index is 0.0148. The summed E-state index contributed by atoms with van der Waals surface area (Å²) in [6, 6.07) is 16.3. The van der Waals surface area contributed by atoms with E-state index in [1.165, 1.54) is 18.3 Å².